The summed E-state index contributed by atoms with van der Waals surface area (Å²) >= 11 is 0. The summed E-state index contributed by atoms with van der Waals surface area (Å²) < 4.78 is 0. The number of nitrogens with two attached hydrogens (primary N) is 1. The van der Waals surface area contributed by atoms with Crippen LogP contribution in [-0.2, 0) is 11.2 Å². The molecule has 0 spiro atoms. The molecule has 0 aromatic heterocycles. The molecule has 1 aromatic rings. The third-order valence-corrected chi connectivity index (χ3v) is 4.17. The fraction of sp³-hybridized carbons (Fsp3) is 0.533. The van der Waals surface area contributed by atoms with E-state index < -0.39 is 0 Å². The standard InChI is InChI=1S/C15H21N3O/c1-15(2)5-6-18(9-15)13-8-12-10(7-11(13)16)3-4-14(19)17-12/h7-8H,3-6,9,16H2,1-2H3,(H,17,19). The lowest BCUT2D eigenvalue weighted by molar-refractivity contribution is -0.116. The van der Waals surface area contributed by atoms with Gasteiger partial charge in [-0.25, -0.2) is 0 Å². The van der Waals surface area contributed by atoms with Gasteiger partial charge >= 0.3 is 0 Å². The Hall–Kier alpha value is -1.71. The number of carbonyl (C=O) groups is 1. The van der Waals surface area contributed by atoms with Gasteiger partial charge in [0, 0.05) is 25.2 Å². The van der Waals surface area contributed by atoms with Crippen molar-refractivity contribution in [1.82, 2.24) is 0 Å². The maximum atomic E-state index is 11.5. The third-order valence-electron chi connectivity index (χ3n) is 4.17. The largest absolute Gasteiger partial charge is 0.397 e. The Balaban J connectivity index is 1.94. The number of anilines is 3. The lowest BCUT2D eigenvalue weighted by Gasteiger charge is -2.26. The van der Waals surface area contributed by atoms with Crippen molar-refractivity contribution < 1.29 is 4.79 Å². The first kappa shape index (κ1) is 12.3. The van der Waals surface area contributed by atoms with Gasteiger partial charge in [-0.15, -0.1) is 0 Å². The summed E-state index contributed by atoms with van der Waals surface area (Å²) in [6.07, 6.45) is 2.52. The minimum atomic E-state index is 0.102. The molecule has 2 aliphatic heterocycles. The zero-order valence-electron chi connectivity index (χ0n) is 11.6. The second-order valence-electron chi connectivity index (χ2n) is 6.45. The number of hydrogen-bond acceptors (Lipinski definition) is 3. The highest BCUT2D eigenvalue weighted by Gasteiger charge is 2.30. The Kier molecular flexibility index (Phi) is 2.69. The maximum Gasteiger partial charge on any atom is 0.224 e. The molecular formula is C15H21N3O. The molecule has 1 fully saturated rings. The molecule has 19 heavy (non-hydrogen) atoms. The van der Waals surface area contributed by atoms with E-state index in [0.29, 0.717) is 11.8 Å². The highest BCUT2D eigenvalue weighted by molar-refractivity contribution is 5.95. The van der Waals surface area contributed by atoms with Crippen molar-refractivity contribution in [3.63, 3.8) is 0 Å². The molecule has 0 radical (unpaired) electrons. The van der Waals surface area contributed by atoms with E-state index in [9.17, 15) is 4.79 Å². The molecular weight excluding hydrogens is 238 g/mol. The van der Waals surface area contributed by atoms with Gasteiger partial charge in [-0.3, -0.25) is 4.79 Å². The van der Waals surface area contributed by atoms with Crippen molar-refractivity contribution in [3.05, 3.63) is 17.7 Å². The van der Waals surface area contributed by atoms with E-state index in [1.807, 2.05) is 12.1 Å². The number of nitrogen functional groups attached to an aromatic ring is 1. The number of benzene rings is 1. The molecule has 0 bridgehead atoms. The number of carbonyl (C=O) groups excluding carboxylic acids is 1. The molecule has 1 saturated heterocycles. The van der Waals surface area contributed by atoms with Crippen LogP contribution in [0.5, 0.6) is 0 Å². The van der Waals surface area contributed by atoms with Crippen LogP contribution < -0.4 is 16.0 Å². The molecule has 1 aromatic carbocycles. The molecule has 3 rings (SSSR count). The second-order valence-corrected chi connectivity index (χ2v) is 6.45. The van der Waals surface area contributed by atoms with Gasteiger partial charge in [0.05, 0.1) is 11.4 Å². The summed E-state index contributed by atoms with van der Waals surface area (Å²) in [4.78, 5) is 13.8. The quantitative estimate of drug-likeness (QED) is 0.761. The average molecular weight is 259 g/mol. The van der Waals surface area contributed by atoms with Gasteiger partial charge in [-0.05, 0) is 36.0 Å². The lowest BCUT2D eigenvalue weighted by Crippen LogP contribution is -2.25. The van der Waals surface area contributed by atoms with Crippen LogP contribution in [0.2, 0.25) is 0 Å². The fourth-order valence-corrected chi connectivity index (χ4v) is 3.03. The van der Waals surface area contributed by atoms with Crippen molar-refractivity contribution >= 4 is 23.0 Å². The van der Waals surface area contributed by atoms with Gasteiger partial charge in [0.15, 0.2) is 0 Å². The van der Waals surface area contributed by atoms with Crippen LogP contribution in [0.25, 0.3) is 0 Å². The van der Waals surface area contributed by atoms with E-state index in [1.54, 1.807) is 0 Å². The number of nitrogens with zero attached hydrogens (tertiary/aromatic N) is 1. The van der Waals surface area contributed by atoms with E-state index in [-0.39, 0.29) is 5.91 Å². The van der Waals surface area contributed by atoms with Crippen LogP contribution in [0.4, 0.5) is 17.1 Å². The molecule has 0 aliphatic carbocycles. The van der Waals surface area contributed by atoms with Crippen molar-refractivity contribution in [2.75, 3.05) is 29.0 Å². The predicted molar refractivity (Wildman–Crippen MR) is 78.4 cm³/mol. The van der Waals surface area contributed by atoms with Crippen molar-refractivity contribution in [2.24, 2.45) is 5.41 Å². The van der Waals surface area contributed by atoms with Crippen LogP contribution in [0.1, 0.15) is 32.3 Å². The van der Waals surface area contributed by atoms with Gasteiger partial charge in [-0.2, -0.15) is 0 Å². The molecule has 3 N–H and O–H groups in total. The van der Waals surface area contributed by atoms with E-state index in [1.165, 1.54) is 6.42 Å². The van der Waals surface area contributed by atoms with Crippen LogP contribution in [0.3, 0.4) is 0 Å². The number of hydrogen-bond donors (Lipinski definition) is 2. The number of aryl methyl sites for hydroxylation is 1. The summed E-state index contributed by atoms with van der Waals surface area (Å²) in [6.45, 7) is 6.61. The molecule has 0 atom stereocenters. The molecule has 0 saturated carbocycles. The molecule has 0 unspecified atom stereocenters. The zero-order chi connectivity index (χ0) is 13.6. The van der Waals surface area contributed by atoms with Gasteiger partial charge in [0.25, 0.3) is 0 Å². The van der Waals surface area contributed by atoms with E-state index in [0.717, 1.165) is 42.1 Å². The monoisotopic (exact) mass is 259 g/mol. The molecule has 2 aliphatic rings. The van der Waals surface area contributed by atoms with Gasteiger partial charge in [0.1, 0.15) is 0 Å². The summed E-state index contributed by atoms with van der Waals surface area (Å²) in [5, 5.41) is 2.95. The summed E-state index contributed by atoms with van der Waals surface area (Å²) in [7, 11) is 0. The molecule has 2 heterocycles. The van der Waals surface area contributed by atoms with Crippen LogP contribution in [-0.4, -0.2) is 19.0 Å². The van der Waals surface area contributed by atoms with Crippen LogP contribution in [0, 0.1) is 5.41 Å². The Bertz CT molecular complexity index is 536. The van der Waals surface area contributed by atoms with E-state index in [4.69, 9.17) is 5.73 Å². The molecule has 4 heteroatoms. The van der Waals surface area contributed by atoms with Crippen molar-refractivity contribution in [2.45, 2.75) is 33.1 Å². The minimum absolute atomic E-state index is 0.102. The highest BCUT2D eigenvalue weighted by atomic mass is 16.1. The minimum Gasteiger partial charge on any atom is -0.397 e. The number of amides is 1. The SMILES string of the molecule is CC1(C)CCN(c2cc3c(cc2N)CCC(=O)N3)C1. The van der Waals surface area contributed by atoms with E-state index in [2.05, 4.69) is 24.1 Å². The first-order chi connectivity index (χ1) is 8.94. The number of rotatable bonds is 1. The fourth-order valence-electron chi connectivity index (χ4n) is 3.03. The van der Waals surface area contributed by atoms with Crippen LogP contribution >= 0.6 is 0 Å². The topological polar surface area (TPSA) is 58.4 Å². The van der Waals surface area contributed by atoms with Crippen LogP contribution in [0.15, 0.2) is 12.1 Å². The lowest BCUT2D eigenvalue weighted by atomic mass is 9.93. The molecule has 4 nitrogen and oxygen atoms in total. The summed E-state index contributed by atoms with van der Waals surface area (Å²) in [5.41, 5.74) is 10.5. The van der Waals surface area contributed by atoms with Crippen molar-refractivity contribution in [1.29, 1.82) is 0 Å². The number of fused-ring (bicyclic) bond motifs is 1. The second kappa shape index (κ2) is 4.15. The Labute approximate surface area is 114 Å². The first-order valence-electron chi connectivity index (χ1n) is 6.92. The van der Waals surface area contributed by atoms with Gasteiger partial charge in [0.2, 0.25) is 5.91 Å². The normalized spacial score (nSPS) is 21.2. The molecule has 1 amide bonds. The Morgan fingerprint density at radius 1 is 1.32 bits per heavy atom. The predicted octanol–water partition coefficient (Wildman–Crippen LogP) is 2.39. The summed E-state index contributed by atoms with van der Waals surface area (Å²) in [5.74, 6) is 0.102. The molecule has 102 valence electrons. The average Bonchev–Trinajstić information content (AvgIpc) is 2.69. The van der Waals surface area contributed by atoms with Gasteiger partial charge < -0.3 is 16.0 Å². The van der Waals surface area contributed by atoms with Crippen molar-refractivity contribution in [3.8, 4) is 0 Å². The third kappa shape index (κ3) is 2.27. The van der Waals surface area contributed by atoms with Gasteiger partial charge in [-0.1, -0.05) is 13.8 Å². The van der Waals surface area contributed by atoms with E-state index >= 15 is 0 Å². The highest BCUT2D eigenvalue weighted by Crippen LogP contribution is 2.38. The zero-order valence-corrected chi connectivity index (χ0v) is 11.6. The Morgan fingerprint density at radius 2 is 2.11 bits per heavy atom. The first-order valence-corrected chi connectivity index (χ1v) is 6.92. The Morgan fingerprint density at radius 3 is 2.79 bits per heavy atom. The summed E-state index contributed by atoms with van der Waals surface area (Å²) in [6, 6.07) is 4.07. The maximum absolute atomic E-state index is 11.5. The number of nitrogens with one attached hydrogen (secondary N) is 1. The smallest absolute Gasteiger partial charge is 0.224 e.